The van der Waals surface area contributed by atoms with Crippen LogP contribution in [-0.4, -0.2) is 16.8 Å². The molecule has 1 saturated heterocycles. The lowest BCUT2D eigenvalue weighted by Crippen LogP contribution is -2.40. The van der Waals surface area contributed by atoms with Crippen LogP contribution in [0, 0.1) is 0 Å². The van der Waals surface area contributed by atoms with Gasteiger partial charge in [0, 0.05) is 12.6 Å². The SMILES string of the molecule is C[C@@H](c1ccccc1)N1CCC(C)(C)OP1(=O)Cc1ccccc1. The summed E-state index contributed by atoms with van der Waals surface area (Å²) in [5, 5.41) is 0. The van der Waals surface area contributed by atoms with E-state index in [1.807, 2.05) is 62.4 Å². The molecule has 0 amide bonds. The van der Waals surface area contributed by atoms with Gasteiger partial charge in [-0.3, -0.25) is 4.57 Å². The summed E-state index contributed by atoms with van der Waals surface area (Å²) in [5.74, 6) is 0. The van der Waals surface area contributed by atoms with Gasteiger partial charge in [0.15, 0.2) is 0 Å². The smallest absolute Gasteiger partial charge is 0.277 e. The van der Waals surface area contributed by atoms with E-state index in [9.17, 15) is 4.57 Å². The Balaban J connectivity index is 1.92. The van der Waals surface area contributed by atoms with Crippen molar-refractivity contribution >= 4 is 7.52 Å². The van der Waals surface area contributed by atoms with Crippen LogP contribution in [0.5, 0.6) is 0 Å². The molecule has 0 saturated carbocycles. The van der Waals surface area contributed by atoms with Gasteiger partial charge < -0.3 is 4.52 Å². The Morgan fingerprint density at radius 3 is 2.29 bits per heavy atom. The first-order valence-electron chi connectivity index (χ1n) is 8.55. The van der Waals surface area contributed by atoms with E-state index in [4.69, 9.17) is 4.52 Å². The van der Waals surface area contributed by atoms with Gasteiger partial charge in [0.05, 0.1) is 11.8 Å². The van der Waals surface area contributed by atoms with Gasteiger partial charge in [-0.15, -0.1) is 0 Å². The van der Waals surface area contributed by atoms with Crippen molar-refractivity contribution in [2.45, 2.75) is 45.0 Å². The van der Waals surface area contributed by atoms with Crippen LogP contribution in [-0.2, 0) is 15.3 Å². The van der Waals surface area contributed by atoms with Gasteiger partial charge in [-0.25, -0.2) is 4.67 Å². The predicted octanol–water partition coefficient (Wildman–Crippen LogP) is 5.64. The van der Waals surface area contributed by atoms with Crippen LogP contribution in [0.25, 0.3) is 0 Å². The molecule has 2 aromatic rings. The normalized spacial score (nSPS) is 25.3. The van der Waals surface area contributed by atoms with E-state index >= 15 is 0 Å². The molecule has 2 atom stereocenters. The fourth-order valence-corrected chi connectivity index (χ4v) is 6.27. The Bertz CT molecular complexity index is 715. The first kappa shape index (κ1) is 17.4. The minimum absolute atomic E-state index is 0.0665. The van der Waals surface area contributed by atoms with Crippen molar-refractivity contribution < 1.29 is 9.09 Å². The highest BCUT2D eigenvalue weighted by molar-refractivity contribution is 7.55. The van der Waals surface area contributed by atoms with Gasteiger partial charge in [0.1, 0.15) is 0 Å². The second-order valence-corrected chi connectivity index (χ2v) is 9.42. The monoisotopic (exact) mass is 343 g/mol. The summed E-state index contributed by atoms with van der Waals surface area (Å²) in [6.07, 6.45) is 1.33. The van der Waals surface area contributed by atoms with Gasteiger partial charge in [0.2, 0.25) is 0 Å². The molecule has 0 bridgehead atoms. The Hall–Kier alpha value is -1.41. The van der Waals surface area contributed by atoms with E-state index in [0.29, 0.717) is 6.16 Å². The molecule has 0 N–H and O–H groups in total. The van der Waals surface area contributed by atoms with Crippen LogP contribution in [0.1, 0.15) is 44.4 Å². The van der Waals surface area contributed by atoms with Crippen LogP contribution >= 0.6 is 7.52 Å². The Morgan fingerprint density at radius 2 is 1.67 bits per heavy atom. The van der Waals surface area contributed by atoms with E-state index in [0.717, 1.165) is 18.5 Å². The average molecular weight is 343 g/mol. The lowest BCUT2D eigenvalue weighted by atomic mass is 10.0. The number of benzene rings is 2. The van der Waals surface area contributed by atoms with Crippen LogP contribution in [0.4, 0.5) is 0 Å². The average Bonchev–Trinajstić information content (AvgIpc) is 2.55. The summed E-state index contributed by atoms with van der Waals surface area (Å²) < 4.78 is 22.2. The fourth-order valence-electron chi connectivity index (χ4n) is 3.32. The minimum atomic E-state index is -2.96. The molecular formula is C20H26NO2P. The third-order valence-corrected chi connectivity index (χ3v) is 7.55. The van der Waals surface area contributed by atoms with E-state index in [2.05, 4.69) is 23.7 Å². The standard InChI is InChI=1S/C20H26NO2P/c1-17(19-12-8-5-9-13-19)21-15-14-20(2,3)23-24(21,22)16-18-10-6-4-7-11-18/h4-13,17H,14-16H2,1-3H3/t17-,24?/m0/s1. The number of nitrogens with zero attached hydrogens (tertiary/aromatic N) is 1. The van der Waals surface area contributed by atoms with Crippen molar-refractivity contribution in [2.75, 3.05) is 6.54 Å². The quantitative estimate of drug-likeness (QED) is 0.673. The van der Waals surface area contributed by atoms with Crippen molar-refractivity contribution in [1.82, 2.24) is 4.67 Å². The molecule has 1 unspecified atom stereocenters. The van der Waals surface area contributed by atoms with Gasteiger partial charge in [0.25, 0.3) is 7.52 Å². The predicted molar refractivity (Wildman–Crippen MR) is 99.1 cm³/mol. The summed E-state index contributed by atoms with van der Waals surface area (Å²) in [6, 6.07) is 20.3. The zero-order valence-corrected chi connectivity index (χ0v) is 15.6. The maximum atomic E-state index is 13.9. The third kappa shape index (κ3) is 3.80. The van der Waals surface area contributed by atoms with Crippen LogP contribution in [0.2, 0.25) is 0 Å². The molecule has 0 aliphatic carbocycles. The highest BCUT2D eigenvalue weighted by Crippen LogP contribution is 2.62. The van der Waals surface area contributed by atoms with Gasteiger partial charge in [-0.1, -0.05) is 60.7 Å². The molecule has 4 heteroatoms. The summed E-state index contributed by atoms with van der Waals surface area (Å²) >= 11 is 0. The van der Waals surface area contributed by atoms with Gasteiger partial charge in [-0.2, -0.15) is 0 Å². The van der Waals surface area contributed by atoms with E-state index < -0.39 is 7.52 Å². The van der Waals surface area contributed by atoms with Crippen molar-refractivity contribution in [3.63, 3.8) is 0 Å². The molecular weight excluding hydrogens is 317 g/mol. The lowest BCUT2D eigenvalue weighted by Gasteiger charge is -2.45. The Labute approximate surface area is 145 Å². The van der Waals surface area contributed by atoms with Crippen LogP contribution < -0.4 is 0 Å². The molecule has 2 aromatic carbocycles. The Morgan fingerprint density at radius 1 is 1.08 bits per heavy atom. The van der Waals surface area contributed by atoms with Gasteiger partial charge >= 0.3 is 0 Å². The zero-order valence-electron chi connectivity index (χ0n) is 14.7. The first-order valence-corrected chi connectivity index (χ1v) is 10.3. The molecule has 1 heterocycles. The number of rotatable bonds is 4. The summed E-state index contributed by atoms with van der Waals surface area (Å²) in [5.41, 5.74) is 1.88. The van der Waals surface area contributed by atoms with Crippen LogP contribution in [0.15, 0.2) is 60.7 Å². The van der Waals surface area contributed by atoms with Gasteiger partial charge in [-0.05, 0) is 38.3 Å². The first-order chi connectivity index (χ1) is 11.4. The molecule has 0 radical (unpaired) electrons. The van der Waals surface area contributed by atoms with Crippen LogP contribution in [0.3, 0.4) is 0 Å². The molecule has 1 aliphatic heterocycles. The van der Waals surface area contributed by atoms with Crippen molar-refractivity contribution in [3.8, 4) is 0 Å². The largest absolute Gasteiger partial charge is 0.311 e. The highest BCUT2D eigenvalue weighted by Gasteiger charge is 2.44. The van der Waals surface area contributed by atoms with E-state index in [-0.39, 0.29) is 11.6 Å². The lowest BCUT2D eigenvalue weighted by molar-refractivity contribution is 0.0434. The number of hydrogen-bond donors (Lipinski definition) is 0. The summed E-state index contributed by atoms with van der Waals surface area (Å²) in [7, 11) is -2.96. The maximum absolute atomic E-state index is 13.9. The highest BCUT2D eigenvalue weighted by atomic mass is 31.2. The minimum Gasteiger partial charge on any atom is -0.311 e. The topological polar surface area (TPSA) is 29.5 Å². The van der Waals surface area contributed by atoms with E-state index in [1.165, 1.54) is 5.56 Å². The van der Waals surface area contributed by atoms with E-state index in [1.54, 1.807) is 0 Å². The second kappa shape index (κ2) is 6.84. The van der Waals surface area contributed by atoms with Crippen molar-refractivity contribution in [1.29, 1.82) is 0 Å². The number of hydrogen-bond acceptors (Lipinski definition) is 2. The molecule has 128 valence electrons. The molecule has 24 heavy (non-hydrogen) atoms. The Kier molecular flexibility index (Phi) is 4.96. The van der Waals surface area contributed by atoms with Crippen molar-refractivity contribution in [2.24, 2.45) is 0 Å². The molecule has 3 rings (SSSR count). The molecule has 0 aromatic heterocycles. The molecule has 3 nitrogen and oxygen atoms in total. The van der Waals surface area contributed by atoms with Crippen molar-refractivity contribution in [3.05, 3.63) is 71.8 Å². The second-order valence-electron chi connectivity index (χ2n) is 7.13. The zero-order chi connectivity index (χ0) is 17.2. The third-order valence-electron chi connectivity index (χ3n) is 4.68. The summed E-state index contributed by atoms with van der Waals surface area (Å²) in [4.78, 5) is 0. The summed E-state index contributed by atoms with van der Waals surface area (Å²) in [6.45, 7) is 6.98. The maximum Gasteiger partial charge on any atom is 0.277 e. The molecule has 0 spiro atoms. The molecule has 1 aliphatic rings. The fraction of sp³-hybridized carbons (Fsp3) is 0.400. The molecule has 1 fully saturated rings.